The van der Waals surface area contributed by atoms with Gasteiger partial charge in [-0.1, -0.05) is 62.4 Å². The lowest BCUT2D eigenvalue weighted by Crippen LogP contribution is -2.47. The Morgan fingerprint density at radius 1 is 0.943 bits per heavy atom. The van der Waals surface area contributed by atoms with E-state index in [1.165, 1.54) is 12.1 Å². The number of carbonyl (C=O) groups excluding carboxylic acids is 2. The van der Waals surface area contributed by atoms with Gasteiger partial charge in [0.25, 0.3) is 0 Å². The molecule has 4 rings (SSSR count). The summed E-state index contributed by atoms with van der Waals surface area (Å²) in [6, 6.07) is 19.8. The number of aromatic carboxylic acids is 1. The minimum atomic E-state index is -1.04. The van der Waals surface area contributed by atoms with Gasteiger partial charge in [0.1, 0.15) is 12.6 Å². The lowest BCUT2D eigenvalue weighted by atomic mass is 9.98. The van der Waals surface area contributed by atoms with Crippen molar-refractivity contribution in [2.45, 2.75) is 32.7 Å². The van der Waals surface area contributed by atoms with Gasteiger partial charge in [-0.3, -0.25) is 4.79 Å². The Hall–Kier alpha value is -4.13. The molecule has 0 radical (unpaired) electrons. The molecule has 35 heavy (non-hydrogen) atoms. The number of benzene rings is 3. The summed E-state index contributed by atoms with van der Waals surface area (Å²) in [6.07, 6.45) is -0.668. The molecule has 3 N–H and O–H groups in total. The Labute approximate surface area is 204 Å². The van der Waals surface area contributed by atoms with Crippen LogP contribution in [0.4, 0.5) is 10.5 Å². The summed E-state index contributed by atoms with van der Waals surface area (Å²) in [5.41, 5.74) is 5.74. The van der Waals surface area contributed by atoms with Crippen LogP contribution in [0.1, 0.15) is 46.8 Å². The molecule has 0 saturated heterocycles. The number of carbonyl (C=O) groups is 3. The van der Waals surface area contributed by atoms with Gasteiger partial charge in [0.2, 0.25) is 5.91 Å². The van der Waals surface area contributed by atoms with Crippen LogP contribution in [-0.4, -0.2) is 35.7 Å². The Balaban J connectivity index is 1.42. The second-order valence-corrected chi connectivity index (χ2v) is 9.02. The maximum absolute atomic E-state index is 13.0. The molecular weight excluding hydrogens is 444 g/mol. The zero-order valence-electron chi connectivity index (χ0n) is 19.9. The number of hydrogen-bond acceptors (Lipinski definition) is 4. The van der Waals surface area contributed by atoms with Crippen LogP contribution in [0.3, 0.4) is 0 Å². The topological polar surface area (TPSA) is 105 Å². The third-order valence-corrected chi connectivity index (χ3v) is 6.30. The Kier molecular flexibility index (Phi) is 6.87. The summed E-state index contributed by atoms with van der Waals surface area (Å²) in [5.74, 6) is -1.72. The van der Waals surface area contributed by atoms with Crippen LogP contribution in [0, 0.1) is 12.8 Å². The van der Waals surface area contributed by atoms with Gasteiger partial charge in [-0.15, -0.1) is 0 Å². The molecule has 1 aliphatic carbocycles. The minimum Gasteiger partial charge on any atom is -0.478 e. The fourth-order valence-corrected chi connectivity index (χ4v) is 4.45. The van der Waals surface area contributed by atoms with Crippen LogP contribution >= 0.6 is 0 Å². The number of rotatable bonds is 7. The molecule has 0 heterocycles. The van der Waals surface area contributed by atoms with Gasteiger partial charge in [-0.05, 0) is 58.9 Å². The normalized spacial score (nSPS) is 13.0. The SMILES string of the molecule is Cc1cc(C(=O)O)ccc1NC(=O)[C@@H](NC(=O)OCC1c2ccccc2-c2ccccc21)C(C)C. The first-order valence-electron chi connectivity index (χ1n) is 11.5. The molecule has 7 nitrogen and oxygen atoms in total. The number of alkyl carbamates (subject to hydrolysis) is 1. The second-order valence-electron chi connectivity index (χ2n) is 9.02. The predicted octanol–water partition coefficient (Wildman–Crippen LogP) is 5.20. The van der Waals surface area contributed by atoms with E-state index < -0.39 is 24.0 Å². The highest BCUT2D eigenvalue weighted by molar-refractivity contribution is 5.98. The number of hydrogen-bond donors (Lipinski definition) is 3. The second kappa shape index (κ2) is 10.0. The first-order chi connectivity index (χ1) is 16.8. The van der Waals surface area contributed by atoms with Crippen molar-refractivity contribution < 1.29 is 24.2 Å². The summed E-state index contributed by atoms with van der Waals surface area (Å²) in [6.45, 7) is 5.52. The molecule has 0 spiro atoms. The molecule has 7 heteroatoms. The van der Waals surface area contributed by atoms with E-state index in [0.717, 1.165) is 22.3 Å². The quantitative estimate of drug-likeness (QED) is 0.439. The average Bonchev–Trinajstić information content (AvgIpc) is 3.15. The smallest absolute Gasteiger partial charge is 0.407 e. The van der Waals surface area contributed by atoms with Gasteiger partial charge in [-0.2, -0.15) is 0 Å². The van der Waals surface area contributed by atoms with Crippen LogP contribution < -0.4 is 10.6 Å². The molecule has 180 valence electrons. The van der Waals surface area contributed by atoms with Gasteiger partial charge >= 0.3 is 12.1 Å². The highest BCUT2D eigenvalue weighted by atomic mass is 16.5. The molecule has 0 aliphatic heterocycles. The van der Waals surface area contributed by atoms with E-state index in [4.69, 9.17) is 9.84 Å². The minimum absolute atomic E-state index is 0.0742. The van der Waals surface area contributed by atoms with E-state index in [1.807, 2.05) is 50.2 Å². The van der Waals surface area contributed by atoms with E-state index in [2.05, 4.69) is 22.8 Å². The Bertz CT molecular complexity index is 1240. The standard InChI is InChI=1S/C28H28N2O5/c1-16(2)25(26(31)29-24-13-12-18(27(32)33)14-17(24)3)30-28(34)35-15-23-21-10-6-4-8-19(21)20-9-5-7-11-22(20)23/h4-14,16,23,25H,15H2,1-3H3,(H,29,31)(H,30,34)(H,32,33)/t25-/m0/s1. The lowest BCUT2D eigenvalue weighted by Gasteiger charge is -2.23. The fraction of sp³-hybridized carbons (Fsp3) is 0.250. The maximum Gasteiger partial charge on any atom is 0.407 e. The van der Waals surface area contributed by atoms with Crippen molar-refractivity contribution in [1.29, 1.82) is 0 Å². The van der Waals surface area contributed by atoms with Gasteiger partial charge in [0.15, 0.2) is 0 Å². The van der Waals surface area contributed by atoms with Crippen molar-refractivity contribution in [2.24, 2.45) is 5.92 Å². The van der Waals surface area contributed by atoms with Gasteiger partial charge in [0, 0.05) is 11.6 Å². The van der Waals surface area contributed by atoms with Crippen LogP contribution in [-0.2, 0) is 9.53 Å². The summed E-state index contributed by atoms with van der Waals surface area (Å²) in [7, 11) is 0. The third-order valence-electron chi connectivity index (χ3n) is 6.30. The third kappa shape index (κ3) is 5.04. The monoisotopic (exact) mass is 472 g/mol. The number of amides is 2. The van der Waals surface area contributed by atoms with Crippen molar-refractivity contribution in [2.75, 3.05) is 11.9 Å². The Morgan fingerprint density at radius 3 is 2.09 bits per heavy atom. The molecule has 0 aromatic heterocycles. The van der Waals surface area contributed by atoms with E-state index in [1.54, 1.807) is 13.0 Å². The number of nitrogens with one attached hydrogen (secondary N) is 2. The molecule has 3 aromatic rings. The number of ether oxygens (including phenoxy) is 1. The molecule has 1 aliphatic rings. The van der Waals surface area contributed by atoms with Crippen LogP contribution in [0.5, 0.6) is 0 Å². The first-order valence-corrected chi connectivity index (χ1v) is 11.5. The van der Waals surface area contributed by atoms with Crippen LogP contribution in [0.15, 0.2) is 66.7 Å². The average molecular weight is 473 g/mol. The summed E-state index contributed by atoms with van der Waals surface area (Å²) < 4.78 is 5.59. The molecule has 0 unspecified atom stereocenters. The van der Waals surface area contributed by atoms with Gasteiger partial charge < -0.3 is 20.5 Å². The highest BCUT2D eigenvalue weighted by Crippen LogP contribution is 2.44. The highest BCUT2D eigenvalue weighted by Gasteiger charge is 2.30. The molecule has 0 fully saturated rings. The summed E-state index contributed by atoms with van der Waals surface area (Å²) in [5, 5.41) is 14.6. The van der Waals surface area contributed by atoms with E-state index in [9.17, 15) is 14.4 Å². The molecule has 0 bridgehead atoms. The number of aryl methyl sites for hydroxylation is 1. The zero-order valence-corrected chi connectivity index (χ0v) is 19.9. The van der Waals surface area contributed by atoms with Gasteiger partial charge in [-0.25, -0.2) is 9.59 Å². The van der Waals surface area contributed by atoms with Gasteiger partial charge in [0.05, 0.1) is 5.56 Å². The maximum atomic E-state index is 13.0. The summed E-state index contributed by atoms with van der Waals surface area (Å²) in [4.78, 5) is 36.8. The largest absolute Gasteiger partial charge is 0.478 e. The van der Waals surface area contributed by atoms with Crippen molar-refractivity contribution >= 4 is 23.7 Å². The molecule has 0 saturated carbocycles. The molecule has 3 aromatic carbocycles. The van der Waals surface area contributed by atoms with E-state index in [0.29, 0.717) is 11.3 Å². The van der Waals surface area contributed by atoms with Crippen molar-refractivity contribution in [3.05, 3.63) is 89.0 Å². The van der Waals surface area contributed by atoms with E-state index in [-0.39, 0.29) is 24.0 Å². The lowest BCUT2D eigenvalue weighted by molar-refractivity contribution is -0.119. The number of anilines is 1. The van der Waals surface area contributed by atoms with Crippen LogP contribution in [0.25, 0.3) is 11.1 Å². The summed E-state index contributed by atoms with van der Waals surface area (Å²) >= 11 is 0. The van der Waals surface area contributed by atoms with Crippen molar-refractivity contribution in [1.82, 2.24) is 5.32 Å². The number of carboxylic acids is 1. The van der Waals surface area contributed by atoms with Crippen LogP contribution in [0.2, 0.25) is 0 Å². The van der Waals surface area contributed by atoms with Crippen molar-refractivity contribution in [3.8, 4) is 11.1 Å². The van der Waals surface area contributed by atoms with Crippen molar-refractivity contribution in [3.63, 3.8) is 0 Å². The number of carboxylic acid groups (broad SMARTS) is 1. The fourth-order valence-electron chi connectivity index (χ4n) is 4.45. The zero-order chi connectivity index (χ0) is 25.1. The molecule has 2 amide bonds. The molecular formula is C28H28N2O5. The number of fused-ring (bicyclic) bond motifs is 3. The van der Waals surface area contributed by atoms with E-state index >= 15 is 0 Å². The Morgan fingerprint density at radius 2 is 1.54 bits per heavy atom. The predicted molar refractivity (Wildman–Crippen MR) is 134 cm³/mol. The molecule has 1 atom stereocenters. The first kappa shape index (κ1) is 24.0.